The Bertz CT molecular complexity index is 1050. The molecule has 2 heterocycles. The van der Waals surface area contributed by atoms with Gasteiger partial charge in [-0.2, -0.15) is 0 Å². The molecule has 3 amide bonds. The molecule has 1 aliphatic heterocycles. The summed E-state index contributed by atoms with van der Waals surface area (Å²) in [6, 6.07) is 14.8. The largest absolute Gasteiger partial charge is 0.347 e. The molecule has 1 fully saturated rings. The van der Waals surface area contributed by atoms with Gasteiger partial charge in [0.2, 0.25) is 0 Å². The van der Waals surface area contributed by atoms with Gasteiger partial charge in [-0.15, -0.1) is 11.3 Å². The lowest BCUT2D eigenvalue weighted by atomic mass is 10.2. The van der Waals surface area contributed by atoms with E-state index in [1.54, 1.807) is 17.5 Å². The van der Waals surface area contributed by atoms with Crippen LogP contribution < -0.4 is 10.6 Å². The lowest BCUT2D eigenvalue weighted by molar-refractivity contribution is 0.0946. The van der Waals surface area contributed by atoms with Gasteiger partial charge in [-0.25, -0.2) is 9.78 Å². The maximum Gasteiger partial charge on any atom is 0.321 e. The van der Waals surface area contributed by atoms with E-state index in [9.17, 15) is 9.59 Å². The Kier molecular flexibility index (Phi) is 6.30. The van der Waals surface area contributed by atoms with Crippen molar-refractivity contribution >= 4 is 40.6 Å². The molecule has 8 heteroatoms. The molecule has 0 aliphatic carbocycles. The first-order valence-corrected chi connectivity index (χ1v) is 11.0. The zero-order chi connectivity index (χ0) is 20.9. The highest BCUT2D eigenvalue weighted by molar-refractivity contribution is 7.13. The smallest absolute Gasteiger partial charge is 0.321 e. The number of nitrogens with one attached hydrogen (secondary N) is 2. The van der Waals surface area contributed by atoms with Gasteiger partial charge >= 0.3 is 6.03 Å². The topological polar surface area (TPSA) is 74.3 Å². The van der Waals surface area contributed by atoms with Gasteiger partial charge in [0.15, 0.2) is 0 Å². The fourth-order valence-electron chi connectivity index (χ4n) is 3.26. The van der Waals surface area contributed by atoms with Crippen LogP contribution in [0.5, 0.6) is 0 Å². The molecule has 2 aromatic carbocycles. The second-order valence-corrected chi connectivity index (χ2v) is 8.35. The summed E-state index contributed by atoms with van der Waals surface area (Å²) in [6.07, 6.45) is 2.10. The van der Waals surface area contributed by atoms with E-state index >= 15 is 0 Å². The minimum atomic E-state index is -0.238. The van der Waals surface area contributed by atoms with Crippen LogP contribution in [-0.2, 0) is 6.54 Å². The molecule has 0 bridgehead atoms. The van der Waals surface area contributed by atoms with Gasteiger partial charge in [0.1, 0.15) is 10.7 Å². The number of hydrogen-bond donors (Lipinski definition) is 2. The molecular weight excluding hydrogens is 420 g/mol. The lowest BCUT2D eigenvalue weighted by Gasteiger charge is -2.16. The zero-order valence-corrected chi connectivity index (χ0v) is 17.8. The van der Waals surface area contributed by atoms with Gasteiger partial charge in [0, 0.05) is 41.3 Å². The standard InChI is InChI=1S/C22H21ClN4O2S/c23-17-8-6-16(7-9-17)21-26-19(14-30-21)20(28)24-13-15-4-3-5-18(12-15)25-22(29)27-10-1-2-11-27/h3-9,12,14H,1-2,10-11,13H2,(H,24,28)(H,25,29). The van der Waals surface area contributed by atoms with Crippen molar-refractivity contribution in [3.8, 4) is 10.6 Å². The van der Waals surface area contributed by atoms with Crippen LogP contribution in [0, 0.1) is 0 Å². The third kappa shape index (κ3) is 4.98. The molecule has 30 heavy (non-hydrogen) atoms. The SMILES string of the molecule is O=C(NCc1cccc(NC(=O)N2CCCC2)c1)c1csc(-c2ccc(Cl)cc2)n1. The minimum Gasteiger partial charge on any atom is -0.347 e. The van der Waals surface area contributed by atoms with Crippen LogP contribution >= 0.6 is 22.9 Å². The van der Waals surface area contributed by atoms with E-state index in [4.69, 9.17) is 11.6 Å². The fourth-order valence-corrected chi connectivity index (χ4v) is 4.19. The van der Waals surface area contributed by atoms with Gasteiger partial charge in [-0.1, -0.05) is 35.9 Å². The third-order valence-corrected chi connectivity index (χ3v) is 6.00. The van der Waals surface area contributed by atoms with Crippen LogP contribution in [0.4, 0.5) is 10.5 Å². The normalized spacial score (nSPS) is 13.3. The first-order valence-electron chi connectivity index (χ1n) is 9.73. The summed E-state index contributed by atoms with van der Waals surface area (Å²) in [5, 5.41) is 8.98. The Morgan fingerprint density at radius 1 is 1.10 bits per heavy atom. The Balaban J connectivity index is 1.35. The lowest BCUT2D eigenvalue weighted by Crippen LogP contribution is -2.32. The second kappa shape index (κ2) is 9.28. The van der Waals surface area contributed by atoms with E-state index in [1.165, 1.54) is 11.3 Å². The predicted molar refractivity (Wildman–Crippen MR) is 120 cm³/mol. The van der Waals surface area contributed by atoms with Crippen molar-refractivity contribution in [1.29, 1.82) is 0 Å². The number of carbonyl (C=O) groups excluding carboxylic acids is 2. The number of thiazole rings is 1. The molecular formula is C22H21ClN4O2S. The van der Waals surface area contributed by atoms with Gasteiger partial charge < -0.3 is 15.5 Å². The average Bonchev–Trinajstić information content (AvgIpc) is 3.45. The zero-order valence-electron chi connectivity index (χ0n) is 16.2. The summed E-state index contributed by atoms with van der Waals surface area (Å²) in [5.74, 6) is -0.238. The number of likely N-dealkylation sites (tertiary alicyclic amines) is 1. The van der Waals surface area contributed by atoms with E-state index in [1.807, 2.05) is 41.3 Å². The molecule has 0 atom stereocenters. The molecule has 0 unspecified atom stereocenters. The molecule has 154 valence electrons. The molecule has 0 spiro atoms. The number of anilines is 1. The van der Waals surface area contributed by atoms with Crippen LogP contribution in [0.2, 0.25) is 5.02 Å². The van der Waals surface area contributed by atoms with E-state index in [0.29, 0.717) is 17.3 Å². The number of halogens is 1. The van der Waals surface area contributed by atoms with Gasteiger partial charge in [0.25, 0.3) is 5.91 Å². The first-order chi connectivity index (χ1) is 14.6. The van der Waals surface area contributed by atoms with Crippen molar-refractivity contribution in [2.75, 3.05) is 18.4 Å². The van der Waals surface area contributed by atoms with Crippen LogP contribution in [0.25, 0.3) is 10.6 Å². The molecule has 1 saturated heterocycles. The summed E-state index contributed by atoms with van der Waals surface area (Å²) < 4.78 is 0. The van der Waals surface area contributed by atoms with Crippen molar-refractivity contribution in [2.45, 2.75) is 19.4 Å². The highest BCUT2D eigenvalue weighted by atomic mass is 35.5. The van der Waals surface area contributed by atoms with Crippen LogP contribution in [0.15, 0.2) is 53.9 Å². The summed E-state index contributed by atoms with van der Waals surface area (Å²) in [7, 11) is 0. The highest BCUT2D eigenvalue weighted by Gasteiger charge is 2.18. The number of hydrogen-bond acceptors (Lipinski definition) is 4. The molecule has 2 N–H and O–H groups in total. The van der Waals surface area contributed by atoms with E-state index < -0.39 is 0 Å². The van der Waals surface area contributed by atoms with Crippen LogP contribution in [0.3, 0.4) is 0 Å². The molecule has 0 radical (unpaired) electrons. The summed E-state index contributed by atoms with van der Waals surface area (Å²) in [6.45, 7) is 1.94. The monoisotopic (exact) mass is 440 g/mol. The average molecular weight is 441 g/mol. The number of carbonyl (C=O) groups is 2. The molecule has 6 nitrogen and oxygen atoms in total. The fraction of sp³-hybridized carbons (Fsp3) is 0.227. The molecule has 3 aromatic rings. The van der Waals surface area contributed by atoms with Gasteiger partial charge in [0.05, 0.1) is 0 Å². The summed E-state index contributed by atoms with van der Waals surface area (Å²) in [4.78, 5) is 31.0. The van der Waals surface area contributed by atoms with Gasteiger partial charge in [-0.05, 0) is 42.7 Å². The maximum absolute atomic E-state index is 12.5. The van der Waals surface area contributed by atoms with Crippen molar-refractivity contribution in [3.05, 3.63) is 70.2 Å². The Labute approximate surface area is 183 Å². The van der Waals surface area contributed by atoms with Gasteiger partial charge in [-0.3, -0.25) is 4.79 Å². The minimum absolute atomic E-state index is 0.0779. The van der Waals surface area contributed by atoms with Crippen LogP contribution in [0.1, 0.15) is 28.9 Å². The van der Waals surface area contributed by atoms with Crippen LogP contribution in [-0.4, -0.2) is 34.9 Å². The third-order valence-electron chi connectivity index (χ3n) is 4.85. The van der Waals surface area contributed by atoms with E-state index in [2.05, 4.69) is 15.6 Å². The van der Waals surface area contributed by atoms with Crippen molar-refractivity contribution in [1.82, 2.24) is 15.2 Å². The number of rotatable bonds is 5. The Hall–Kier alpha value is -2.90. The quantitative estimate of drug-likeness (QED) is 0.584. The Morgan fingerprint density at radius 2 is 1.87 bits per heavy atom. The molecule has 1 aliphatic rings. The van der Waals surface area contributed by atoms with Crippen molar-refractivity contribution in [3.63, 3.8) is 0 Å². The molecule has 0 saturated carbocycles. The maximum atomic E-state index is 12.5. The highest BCUT2D eigenvalue weighted by Crippen LogP contribution is 2.25. The number of urea groups is 1. The molecule has 1 aromatic heterocycles. The van der Waals surface area contributed by atoms with Crippen molar-refractivity contribution in [2.24, 2.45) is 0 Å². The number of nitrogens with zero attached hydrogens (tertiary/aromatic N) is 2. The predicted octanol–water partition coefficient (Wildman–Crippen LogP) is 5.02. The number of aromatic nitrogens is 1. The summed E-state index contributed by atoms with van der Waals surface area (Å²) >= 11 is 7.33. The van der Waals surface area contributed by atoms with E-state index in [-0.39, 0.29) is 11.9 Å². The van der Waals surface area contributed by atoms with E-state index in [0.717, 1.165) is 47.8 Å². The van der Waals surface area contributed by atoms with Crippen molar-refractivity contribution < 1.29 is 9.59 Å². The summed E-state index contributed by atoms with van der Waals surface area (Å²) in [5.41, 5.74) is 2.92. The Morgan fingerprint density at radius 3 is 2.63 bits per heavy atom. The number of amides is 3. The first kappa shape index (κ1) is 20.4. The second-order valence-electron chi connectivity index (χ2n) is 7.05. The number of benzene rings is 2. The molecule has 4 rings (SSSR count).